The molecular formula is C18H21ClN2O2. The smallest absolute Gasteiger partial charge is 0.257 e. The molecule has 1 aliphatic rings. The number of amides is 1. The highest BCUT2D eigenvalue weighted by Crippen LogP contribution is 2.31. The van der Waals surface area contributed by atoms with Crippen LogP contribution in [0.15, 0.2) is 28.8 Å². The van der Waals surface area contributed by atoms with E-state index in [4.69, 9.17) is 16.1 Å². The average molecular weight is 333 g/mol. The predicted molar refractivity (Wildman–Crippen MR) is 90.6 cm³/mol. The van der Waals surface area contributed by atoms with Crippen molar-refractivity contribution in [3.05, 3.63) is 40.6 Å². The van der Waals surface area contributed by atoms with Crippen molar-refractivity contribution in [3.63, 3.8) is 0 Å². The Morgan fingerprint density at radius 2 is 1.91 bits per heavy atom. The van der Waals surface area contributed by atoms with E-state index in [1.54, 1.807) is 13.0 Å². The molecule has 0 atom stereocenters. The van der Waals surface area contributed by atoms with Gasteiger partial charge in [-0.1, -0.05) is 60.6 Å². The van der Waals surface area contributed by atoms with Crippen molar-refractivity contribution in [2.75, 3.05) is 0 Å². The maximum atomic E-state index is 12.8. The lowest BCUT2D eigenvalue weighted by Crippen LogP contribution is -2.34. The van der Waals surface area contributed by atoms with Crippen LogP contribution in [-0.2, 0) is 0 Å². The summed E-state index contributed by atoms with van der Waals surface area (Å²) in [4.78, 5) is 12.8. The second-order valence-electron chi connectivity index (χ2n) is 6.10. The highest BCUT2D eigenvalue weighted by molar-refractivity contribution is 6.33. The number of aryl methyl sites for hydroxylation is 1. The number of hydrogen-bond donors (Lipinski definition) is 1. The minimum atomic E-state index is -0.120. The van der Waals surface area contributed by atoms with Crippen molar-refractivity contribution >= 4 is 17.5 Å². The first kappa shape index (κ1) is 16.1. The third-order valence-corrected chi connectivity index (χ3v) is 4.74. The zero-order valence-corrected chi connectivity index (χ0v) is 14.0. The van der Waals surface area contributed by atoms with Gasteiger partial charge in [-0.25, -0.2) is 0 Å². The van der Waals surface area contributed by atoms with Crippen LogP contribution in [0.5, 0.6) is 0 Å². The number of hydrogen-bond acceptors (Lipinski definition) is 3. The standard InChI is InChI=1S/C18H21ClN2O2/c1-12-16(18(22)20-13-8-4-2-3-5-9-13)17(21-23-12)14-10-6-7-11-15(14)19/h6-7,10-11,13H,2-5,8-9H2,1H3,(H,20,22). The van der Waals surface area contributed by atoms with Crippen LogP contribution < -0.4 is 5.32 Å². The molecule has 0 spiro atoms. The van der Waals surface area contributed by atoms with Gasteiger partial charge in [0.15, 0.2) is 0 Å². The number of carbonyl (C=O) groups is 1. The maximum absolute atomic E-state index is 12.8. The van der Waals surface area contributed by atoms with E-state index < -0.39 is 0 Å². The fourth-order valence-corrected chi connectivity index (χ4v) is 3.38. The van der Waals surface area contributed by atoms with E-state index in [1.807, 2.05) is 18.2 Å². The van der Waals surface area contributed by atoms with Gasteiger partial charge >= 0.3 is 0 Å². The van der Waals surface area contributed by atoms with Gasteiger partial charge in [0.2, 0.25) is 0 Å². The van der Waals surface area contributed by atoms with Gasteiger partial charge in [0.25, 0.3) is 5.91 Å². The summed E-state index contributed by atoms with van der Waals surface area (Å²) in [7, 11) is 0. The van der Waals surface area contributed by atoms with Crippen LogP contribution in [0.3, 0.4) is 0 Å². The van der Waals surface area contributed by atoms with Crippen molar-refractivity contribution in [2.24, 2.45) is 0 Å². The van der Waals surface area contributed by atoms with Gasteiger partial charge < -0.3 is 9.84 Å². The lowest BCUT2D eigenvalue weighted by atomic mass is 10.0. The Hall–Kier alpha value is -1.81. The Balaban J connectivity index is 1.86. The van der Waals surface area contributed by atoms with Crippen molar-refractivity contribution in [1.82, 2.24) is 10.5 Å². The zero-order valence-electron chi connectivity index (χ0n) is 13.3. The summed E-state index contributed by atoms with van der Waals surface area (Å²) in [5.41, 5.74) is 1.72. The summed E-state index contributed by atoms with van der Waals surface area (Å²) in [6.07, 6.45) is 6.93. The normalized spacial score (nSPS) is 16.1. The predicted octanol–water partition coefficient (Wildman–Crippen LogP) is 4.76. The second kappa shape index (κ2) is 7.18. The molecule has 0 radical (unpaired) electrons. The van der Waals surface area contributed by atoms with Crippen LogP contribution in [0.25, 0.3) is 11.3 Å². The molecule has 1 fully saturated rings. The molecule has 23 heavy (non-hydrogen) atoms. The molecule has 1 N–H and O–H groups in total. The molecule has 0 bridgehead atoms. The Kier molecular flexibility index (Phi) is 5.01. The molecule has 1 heterocycles. The quantitative estimate of drug-likeness (QED) is 0.825. The molecule has 1 aromatic carbocycles. The van der Waals surface area contributed by atoms with Crippen molar-refractivity contribution in [3.8, 4) is 11.3 Å². The van der Waals surface area contributed by atoms with E-state index >= 15 is 0 Å². The molecule has 2 aromatic rings. The molecule has 4 nitrogen and oxygen atoms in total. The van der Waals surface area contributed by atoms with Crippen LogP contribution >= 0.6 is 11.6 Å². The molecule has 1 aromatic heterocycles. The first-order valence-electron chi connectivity index (χ1n) is 8.19. The first-order valence-corrected chi connectivity index (χ1v) is 8.56. The SMILES string of the molecule is Cc1onc(-c2ccccc2Cl)c1C(=O)NC1CCCCCC1. The fourth-order valence-electron chi connectivity index (χ4n) is 3.16. The lowest BCUT2D eigenvalue weighted by molar-refractivity contribution is 0.0932. The largest absolute Gasteiger partial charge is 0.360 e. The van der Waals surface area contributed by atoms with E-state index in [2.05, 4.69) is 10.5 Å². The minimum absolute atomic E-state index is 0.120. The van der Waals surface area contributed by atoms with Gasteiger partial charge in [0, 0.05) is 11.6 Å². The van der Waals surface area contributed by atoms with Crippen molar-refractivity contribution < 1.29 is 9.32 Å². The molecule has 122 valence electrons. The molecule has 1 saturated carbocycles. The summed E-state index contributed by atoms with van der Waals surface area (Å²) < 4.78 is 5.27. The van der Waals surface area contributed by atoms with E-state index in [0.29, 0.717) is 22.0 Å². The minimum Gasteiger partial charge on any atom is -0.360 e. The topological polar surface area (TPSA) is 55.1 Å². The molecule has 3 rings (SSSR count). The van der Waals surface area contributed by atoms with Crippen LogP contribution in [0, 0.1) is 6.92 Å². The highest BCUT2D eigenvalue weighted by atomic mass is 35.5. The van der Waals surface area contributed by atoms with Gasteiger partial charge in [-0.3, -0.25) is 4.79 Å². The summed E-state index contributed by atoms with van der Waals surface area (Å²) >= 11 is 6.24. The summed E-state index contributed by atoms with van der Waals surface area (Å²) in [5.74, 6) is 0.400. The molecule has 1 aliphatic carbocycles. The van der Waals surface area contributed by atoms with E-state index in [1.165, 1.54) is 25.7 Å². The number of aromatic nitrogens is 1. The van der Waals surface area contributed by atoms with Gasteiger partial charge in [0.05, 0.1) is 5.02 Å². The molecule has 0 unspecified atom stereocenters. The van der Waals surface area contributed by atoms with E-state index in [9.17, 15) is 4.79 Å². The number of rotatable bonds is 3. The summed E-state index contributed by atoms with van der Waals surface area (Å²) in [6.45, 7) is 1.76. The molecular weight excluding hydrogens is 312 g/mol. The average Bonchev–Trinajstić information content (AvgIpc) is 2.75. The Morgan fingerprint density at radius 3 is 2.61 bits per heavy atom. The fraction of sp³-hybridized carbons (Fsp3) is 0.444. The van der Waals surface area contributed by atoms with Crippen LogP contribution in [0.1, 0.15) is 54.6 Å². The molecule has 0 aliphatic heterocycles. The van der Waals surface area contributed by atoms with Gasteiger partial charge in [0.1, 0.15) is 17.0 Å². The van der Waals surface area contributed by atoms with Crippen LogP contribution in [0.2, 0.25) is 5.02 Å². The van der Waals surface area contributed by atoms with Gasteiger partial charge in [-0.2, -0.15) is 0 Å². The van der Waals surface area contributed by atoms with Crippen LogP contribution in [0.4, 0.5) is 0 Å². The molecule has 1 amide bonds. The zero-order chi connectivity index (χ0) is 16.2. The second-order valence-corrected chi connectivity index (χ2v) is 6.51. The number of benzene rings is 1. The summed E-state index contributed by atoms with van der Waals surface area (Å²) in [6, 6.07) is 7.59. The number of nitrogens with one attached hydrogen (secondary N) is 1. The van der Waals surface area contributed by atoms with Gasteiger partial charge in [-0.05, 0) is 25.8 Å². The monoisotopic (exact) mass is 332 g/mol. The molecule has 5 heteroatoms. The maximum Gasteiger partial charge on any atom is 0.257 e. The van der Waals surface area contributed by atoms with Crippen molar-refractivity contribution in [2.45, 2.75) is 51.5 Å². The highest BCUT2D eigenvalue weighted by Gasteiger charge is 2.25. The van der Waals surface area contributed by atoms with Crippen LogP contribution in [-0.4, -0.2) is 17.1 Å². The van der Waals surface area contributed by atoms with E-state index in [0.717, 1.165) is 18.4 Å². The number of carbonyl (C=O) groups excluding carboxylic acids is 1. The Bertz CT molecular complexity index is 688. The third kappa shape index (κ3) is 3.58. The first-order chi connectivity index (χ1) is 11.2. The molecule has 0 saturated heterocycles. The summed E-state index contributed by atoms with van der Waals surface area (Å²) in [5, 5.41) is 7.77. The number of nitrogens with zero attached hydrogens (tertiary/aromatic N) is 1. The number of halogens is 1. The van der Waals surface area contributed by atoms with Gasteiger partial charge in [-0.15, -0.1) is 0 Å². The Labute approximate surface area is 141 Å². The Morgan fingerprint density at radius 1 is 1.22 bits per heavy atom. The third-order valence-electron chi connectivity index (χ3n) is 4.41. The van der Waals surface area contributed by atoms with Crippen molar-refractivity contribution in [1.29, 1.82) is 0 Å². The lowest BCUT2D eigenvalue weighted by Gasteiger charge is -2.16. The van der Waals surface area contributed by atoms with E-state index in [-0.39, 0.29) is 11.9 Å².